The molecule has 0 fully saturated rings. The number of rotatable bonds is 3. The molecule has 1 unspecified atom stereocenters. The van der Waals surface area contributed by atoms with Crippen LogP contribution in [0.25, 0.3) is 0 Å². The Morgan fingerprint density at radius 1 is 1.27 bits per heavy atom. The summed E-state index contributed by atoms with van der Waals surface area (Å²) in [4.78, 5) is 24.7. The van der Waals surface area contributed by atoms with Gasteiger partial charge >= 0.3 is 15.5 Å². The van der Waals surface area contributed by atoms with E-state index in [0.717, 1.165) is 7.11 Å². The summed E-state index contributed by atoms with van der Waals surface area (Å²) in [6, 6.07) is 0. The first-order valence-corrected chi connectivity index (χ1v) is 5.25. The van der Waals surface area contributed by atoms with E-state index in [1.165, 1.54) is 0 Å². The van der Waals surface area contributed by atoms with Crippen LogP contribution in [0.2, 0.25) is 0 Å². The van der Waals surface area contributed by atoms with Gasteiger partial charge in [0, 0.05) is 11.7 Å². The third-order valence-electron chi connectivity index (χ3n) is 0.697. The van der Waals surface area contributed by atoms with Crippen molar-refractivity contribution >= 4 is 15.5 Å². The van der Waals surface area contributed by atoms with Gasteiger partial charge in [0.15, 0.2) is 0 Å². The highest BCUT2D eigenvalue weighted by Crippen LogP contribution is 2.58. The van der Waals surface area contributed by atoms with Crippen molar-refractivity contribution in [3.8, 4) is 0 Å². The van der Waals surface area contributed by atoms with Crippen LogP contribution in [-0.4, -0.2) is 31.6 Å². The molecule has 4 N–H and O–H groups in total. The van der Waals surface area contributed by atoms with Gasteiger partial charge in [-0.2, -0.15) is 0 Å². The standard InChI is InChI=1S/CH7NO7P2/c1-9-11(7,8)2(3)10(4,5)6/h3H,1H3,(H,7,8)(H2,4,5,6). The van der Waals surface area contributed by atoms with E-state index in [1.807, 2.05) is 0 Å². The highest BCUT2D eigenvalue weighted by Gasteiger charge is 2.40. The molecular weight excluding hydrogens is 200 g/mol. The predicted molar refractivity (Wildman–Crippen MR) is 32.5 cm³/mol. The predicted octanol–water partition coefficient (Wildman–Crippen LogP) is -0.483. The van der Waals surface area contributed by atoms with Gasteiger partial charge in [0.05, 0.1) is 0 Å². The molecule has 0 aromatic rings. The highest BCUT2D eigenvalue weighted by molar-refractivity contribution is 7.65. The monoisotopic (exact) mass is 207 g/mol. The number of nitrogens with zero attached hydrogens (tertiary/aromatic N) is 1. The Balaban J connectivity index is 4.64. The van der Waals surface area contributed by atoms with Crippen LogP contribution >= 0.6 is 15.5 Å². The van der Waals surface area contributed by atoms with Gasteiger partial charge in [0.2, 0.25) is 0 Å². The van der Waals surface area contributed by atoms with Crippen molar-refractivity contribution in [3.63, 3.8) is 0 Å². The zero-order valence-electron chi connectivity index (χ0n) is 5.36. The van der Waals surface area contributed by atoms with Gasteiger partial charge in [0.1, 0.15) is 0 Å². The average molecular weight is 207 g/mol. The van der Waals surface area contributed by atoms with Crippen molar-refractivity contribution in [2.24, 2.45) is 0 Å². The molecule has 0 aliphatic rings. The summed E-state index contributed by atoms with van der Waals surface area (Å²) in [6.45, 7) is 0. The molecule has 8 nitrogen and oxygen atoms in total. The molecule has 0 aromatic heterocycles. The van der Waals surface area contributed by atoms with Crippen LogP contribution in [0.15, 0.2) is 0 Å². The lowest BCUT2D eigenvalue weighted by Gasteiger charge is -2.18. The van der Waals surface area contributed by atoms with Gasteiger partial charge < -0.3 is 14.7 Å². The number of hydrogen-bond donors (Lipinski definition) is 4. The third kappa shape index (κ3) is 2.98. The second kappa shape index (κ2) is 3.30. The van der Waals surface area contributed by atoms with Crippen LogP contribution in [0.3, 0.4) is 0 Å². The van der Waals surface area contributed by atoms with Crippen LogP contribution in [-0.2, 0) is 13.7 Å². The van der Waals surface area contributed by atoms with E-state index in [9.17, 15) is 9.13 Å². The maximum atomic E-state index is 10.4. The molecular formula is CH7NO7P2. The van der Waals surface area contributed by atoms with Gasteiger partial charge in [-0.05, 0) is 0 Å². The Kier molecular flexibility index (Phi) is 3.37. The minimum atomic E-state index is -5.14. The van der Waals surface area contributed by atoms with Crippen LogP contribution in [0.1, 0.15) is 0 Å². The smallest absolute Gasteiger partial charge is 0.311 e. The van der Waals surface area contributed by atoms with Crippen molar-refractivity contribution in [2.75, 3.05) is 7.11 Å². The molecule has 0 aromatic carbocycles. The third-order valence-corrected chi connectivity index (χ3v) is 3.47. The van der Waals surface area contributed by atoms with Crippen molar-refractivity contribution < 1.29 is 33.5 Å². The second-order valence-corrected chi connectivity index (χ2v) is 4.90. The van der Waals surface area contributed by atoms with E-state index in [0.29, 0.717) is 0 Å². The van der Waals surface area contributed by atoms with Crippen molar-refractivity contribution in [1.29, 1.82) is 0 Å². The largest absolute Gasteiger partial charge is 0.438 e. The van der Waals surface area contributed by atoms with E-state index in [-0.39, 0.29) is 0 Å². The molecule has 0 saturated heterocycles. The van der Waals surface area contributed by atoms with Crippen molar-refractivity contribution in [3.05, 3.63) is 0 Å². The molecule has 0 aliphatic carbocycles. The minimum absolute atomic E-state index is 0.722. The summed E-state index contributed by atoms with van der Waals surface area (Å²) in [5, 5.41) is 8.35. The first-order valence-electron chi connectivity index (χ1n) is 2.16. The second-order valence-electron chi connectivity index (χ2n) is 1.45. The lowest BCUT2D eigenvalue weighted by Crippen LogP contribution is -2.12. The first kappa shape index (κ1) is 11.2. The zero-order chi connectivity index (χ0) is 9.28. The maximum absolute atomic E-state index is 10.4. The molecule has 0 spiro atoms. The molecule has 11 heavy (non-hydrogen) atoms. The normalized spacial score (nSPS) is 18.4. The van der Waals surface area contributed by atoms with E-state index >= 15 is 0 Å². The quantitative estimate of drug-likeness (QED) is 0.360. The highest BCUT2D eigenvalue weighted by atomic mass is 31.3. The summed E-state index contributed by atoms with van der Waals surface area (Å²) in [5.74, 6) is 0. The fraction of sp³-hybridized carbons (Fsp3) is 1.00. The summed E-state index contributed by atoms with van der Waals surface area (Å²) in [6.07, 6.45) is 0. The first-order chi connectivity index (χ1) is 4.72. The minimum Gasteiger partial charge on any atom is -0.311 e. The Hall–Kier alpha value is 0.220. The van der Waals surface area contributed by atoms with Gasteiger partial charge in [-0.1, -0.05) is 0 Å². The molecule has 0 saturated carbocycles. The van der Waals surface area contributed by atoms with E-state index in [4.69, 9.17) is 19.9 Å². The molecule has 0 radical (unpaired) electrons. The fourth-order valence-electron chi connectivity index (χ4n) is 0.220. The lowest BCUT2D eigenvalue weighted by molar-refractivity contribution is 0.0248. The maximum Gasteiger partial charge on any atom is 0.438 e. The van der Waals surface area contributed by atoms with E-state index in [1.54, 1.807) is 0 Å². The molecule has 0 bridgehead atoms. The molecule has 0 rings (SSSR count). The Labute approximate surface area is 61.8 Å². The molecule has 0 aliphatic heterocycles. The Bertz CT molecular complexity index is 218. The molecule has 68 valence electrons. The topological polar surface area (TPSA) is 128 Å². The molecule has 10 heteroatoms. The number of hydrogen-bond acceptors (Lipinski definition) is 4. The Morgan fingerprint density at radius 3 is 1.73 bits per heavy atom. The Morgan fingerprint density at radius 2 is 1.64 bits per heavy atom. The zero-order valence-corrected chi connectivity index (χ0v) is 7.14. The lowest BCUT2D eigenvalue weighted by atomic mass is 11.8. The molecule has 0 amide bonds. The summed E-state index contributed by atoms with van der Waals surface area (Å²) < 4.78 is 23.2. The average Bonchev–Trinajstić information content (AvgIpc) is 1.84. The summed E-state index contributed by atoms with van der Waals surface area (Å²) in [7, 11) is -9.18. The van der Waals surface area contributed by atoms with Crippen molar-refractivity contribution in [1.82, 2.24) is 4.60 Å². The van der Waals surface area contributed by atoms with Gasteiger partial charge in [-0.3, -0.25) is 9.73 Å². The fourth-order valence-corrected chi connectivity index (χ4v) is 1.76. The molecule has 0 heterocycles. The molecule has 1 atom stereocenters. The van der Waals surface area contributed by atoms with Crippen LogP contribution in [0, 0.1) is 0 Å². The summed E-state index contributed by atoms with van der Waals surface area (Å²) in [5.41, 5.74) is 0. The SMILES string of the molecule is COP(=O)(O)N(O)P(=O)(O)O. The van der Waals surface area contributed by atoms with Crippen LogP contribution in [0.4, 0.5) is 0 Å². The van der Waals surface area contributed by atoms with Crippen molar-refractivity contribution in [2.45, 2.75) is 0 Å². The van der Waals surface area contributed by atoms with E-state index < -0.39 is 20.1 Å². The van der Waals surface area contributed by atoms with Gasteiger partial charge in [-0.15, -0.1) is 0 Å². The summed E-state index contributed by atoms with van der Waals surface area (Å²) >= 11 is 0. The van der Waals surface area contributed by atoms with Crippen LogP contribution in [0.5, 0.6) is 0 Å². The van der Waals surface area contributed by atoms with Gasteiger partial charge in [-0.25, -0.2) is 9.13 Å². The van der Waals surface area contributed by atoms with E-state index in [2.05, 4.69) is 4.52 Å². The van der Waals surface area contributed by atoms with Crippen LogP contribution < -0.4 is 0 Å². The van der Waals surface area contributed by atoms with Gasteiger partial charge in [0.25, 0.3) is 0 Å².